The van der Waals surface area contributed by atoms with Crippen LogP contribution in [-0.2, 0) is 21.7 Å². The summed E-state index contributed by atoms with van der Waals surface area (Å²) in [5.41, 5.74) is 3.69. The largest absolute Gasteiger partial charge is 0.493 e. The quantitative estimate of drug-likeness (QED) is 0.217. The zero-order valence-electron chi connectivity index (χ0n) is 21.1. The summed E-state index contributed by atoms with van der Waals surface area (Å²) in [4.78, 5) is 17.4. The van der Waals surface area contributed by atoms with E-state index in [-0.39, 0.29) is 5.82 Å². The molecule has 0 radical (unpaired) electrons. The van der Waals surface area contributed by atoms with Gasteiger partial charge in [-0.2, -0.15) is 4.98 Å². The molecule has 7 nitrogen and oxygen atoms in total. The molecule has 0 amide bonds. The Labute approximate surface area is 224 Å². The molecule has 0 fully saturated rings. The number of esters is 1. The van der Waals surface area contributed by atoms with Crippen molar-refractivity contribution < 1.29 is 18.7 Å². The van der Waals surface area contributed by atoms with Gasteiger partial charge in [0.25, 0.3) is 0 Å². The van der Waals surface area contributed by atoms with E-state index in [4.69, 9.17) is 9.47 Å². The lowest BCUT2D eigenvalue weighted by Gasteiger charge is -2.27. The molecule has 3 aromatic carbocycles. The van der Waals surface area contributed by atoms with Gasteiger partial charge in [0.05, 0.1) is 19.3 Å². The Morgan fingerprint density at radius 3 is 2.53 bits per heavy atom. The zero-order chi connectivity index (χ0) is 26.5. The third kappa shape index (κ3) is 5.57. The number of halogens is 1. The summed E-state index contributed by atoms with van der Waals surface area (Å²) in [5.74, 6) is 0.895. The van der Waals surface area contributed by atoms with Crippen molar-refractivity contribution >= 4 is 23.7 Å². The van der Waals surface area contributed by atoms with Gasteiger partial charge in [-0.3, -0.25) is 0 Å². The molecule has 1 N–H and O–H groups in total. The average molecular weight is 531 g/mol. The first-order valence-corrected chi connectivity index (χ1v) is 13.2. The molecule has 0 saturated carbocycles. The number of hydrogen-bond acceptors (Lipinski definition) is 7. The molecule has 38 heavy (non-hydrogen) atoms. The smallest absolute Gasteiger partial charge is 0.338 e. The standard InChI is InChI=1S/C29H27FN4O3S/c1-19-25(27(35)36-2)26(21-12-14-23(15-13-21)37-17-16-20-8-4-3-5-9-20)34-28(31-19)32-29(33-34)38-18-22-10-6-7-11-24(22)30/h3-15,26H,16-18H2,1-2H3,(H,31,32,33). The van der Waals surface area contributed by atoms with Crippen LogP contribution in [0.3, 0.4) is 0 Å². The second-order valence-electron chi connectivity index (χ2n) is 8.75. The maximum absolute atomic E-state index is 14.1. The average Bonchev–Trinajstić information content (AvgIpc) is 3.35. The van der Waals surface area contributed by atoms with Crippen LogP contribution >= 0.6 is 11.8 Å². The molecule has 1 unspecified atom stereocenters. The summed E-state index contributed by atoms with van der Waals surface area (Å²) < 4.78 is 26.8. The van der Waals surface area contributed by atoms with Crippen molar-refractivity contribution in [3.63, 3.8) is 0 Å². The molecule has 1 aliphatic heterocycles. The minimum absolute atomic E-state index is 0.267. The van der Waals surface area contributed by atoms with Crippen LogP contribution in [0.1, 0.15) is 29.7 Å². The zero-order valence-corrected chi connectivity index (χ0v) is 21.9. The van der Waals surface area contributed by atoms with Gasteiger partial charge in [-0.25, -0.2) is 13.9 Å². The normalized spacial score (nSPS) is 14.6. The van der Waals surface area contributed by atoms with Gasteiger partial charge in [-0.1, -0.05) is 72.4 Å². The number of fused-ring (bicyclic) bond motifs is 1. The predicted octanol–water partition coefficient (Wildman–Crippen LogP) is 5.79. The molecule has 0 saturated heterocycles. The minimum atomic E-state index is -0.549. The summed E-state index contributed by atoms with van der Waals surface area (Å²) in [6, 6.07) is 23.9. The van der Waals surface area contributed by atoms with Gasteiger partial charge in [-0.05, 0) is 41.8 Å². The van der Waals surface area contributed by atoms with Gasteiger partial charge in [-0.15, -0.1) is 5.10 Å². The Kier molecular flexibility index (Phi) is 7.74. The van der Waals surface area contributed by atoms with Crippen LogP contribution in [0.25, 0.3) is 0 Å². The fraction of sp³-hybridized carbons (Fsp3) is 0.207. The van der Waals surface area contributed by atoms with Crippen LogP contribution in [0.4, 0.5) is 10.3 Å². The molecule has 5 rings (SSSR count). The molecule has 1 aliphatic rings. The topological polar surface area (TPSA) is 78.3 Å². The van der Waals surface area contributed by atoms with Crippen molar-refractivity contribution in [2.75, 3.05) is 19.0 Å². The summed E-state index contributed by atoms with van der Waals surface area (Å²) in [7, 11) is 1.36. The van der Waals surface area contributed by atoms with E-state index in [0.29, 0.717) is 40.3 Å². The SMILES string of the molecule is COC(=O)C1=C(C)Nc2nc(SCc3ccccc3F)nn2C1c1ccc(OCCc2ccccc2)cc1. The van der Waals surface area contributed by atoms with Crippen LogP contribution in [0, 0.1) is 5.82 Å². The fourth-order valence-corrected chi connectivity index (χ4v) is 5.13. The van der Waals surface area contributed by atoms with Crippen LogP contribution in [-0.4, -0.2) is 34.5 Å². The van der Waals surface area contributed by atoms with Crippen molar-refractivity contribution in [3.8, 4) is 5.75 Å². The molecule has 0 spiro atoms. The van der Waals surface area contributed by atoms with E-state index in [2.05, 4.69) is 27.5 Å². The van der Waals surface area contributed by atoms with Gasteiger partial charge in [0.2, 0.25) is 11.1 Å². The van der Waals surface area contributed by atoms with Crippen molar-refractivity contribution in [1.29, 1.82) is 0 Å². The van der Waals surface area contributed by atoms with E-state index in [9.17, 15) is 9.18 Å². The van der Waals surface area contributed by atoms with E-state index in [0.717, 1.165) is 17.7 Å². The van der Waals surface area contributed by atoms with E-state index in [1.54, 1.807) is 22.9 Å². The molecular weight excluding hydrogens is 503 g/mol. The molecule has 9 heteroatoms. The summed E-state index contributed by atoms with van der Waals surface area (Å²) in [5, 5.41) is 8.31. The lowest BCUT2D eigenvalue weighted by molar-refractivity contribution is -0.136. The van der Waals surface area contributed by atoms with E-state index in [1.807, 2.05) is 49.4 Å². The Morgan fingerprint density at radius 2 is 1.79 bits per heavy atom. The second-order valence-corrected chi connectivity index (χ2v) is 9.70. The van der Waals surface area contributed by atoms with E-state index < -0.39 is 12.0 Å². The monoisotopic (exact) mass is 530 g/mol. The highest BCUT2D eigenvalue weighted by Gasteiger charge is 2.35. The number of aromatic nitrogens is 3. The first kappa shape index (κ1) is 25.5. The van der Waals surface area contributed by atoms with Gasteiger partial charge >= 0.3 is 5.97 Å². The number of hydrogen-bond donors (Lipinski definition) is 1. The Balaban J connectivity index is 1.37. The molecule has 1 aromatic heterocycles. The molecule has 4 aromatic rings. The number of ether oxygens (including phenoxy) is 2. The third-order valence-electron chi connectivity index (χ3n) is 6.25. The lowest BCUT2D eigenvalue weighted by Crippen LogP contribution is -2.29. The Hall–Kier alpha value is -4.11. The molecule has 2 heterocycles. The first-order valence-electron chi connectivity index (χ1n) is 12.2. The molecule has 1 atom stereocenters. The molecular formula is C29H27FN4O3S. The minimum Gasteiger partial charge on any atom is -0.493 e. The second kappa shape index (κ2) is 11.5. The van der Waals surface area contributed by atoms with Gasteiger partial charge in [0.1, 0.15) is 17.6 Å². The maximum atomic E-state index is 14.1. The van der Waals surface area contributed by atoms with Gasteiger partial charge < -0.3 is 14.8 Å². The Morgan fingerprint density at radius 1 is 1.05 bits per heavy atom. The van der Waals surface area contributed by atoms with Crippen LogP contribution in [0.15, 0.2) is 95.3 Å². The number of nitrogens with one attached hydrogen (secondary N) is 1. The maximum Gasteiger partial charge on any atom is 0.338 e. The number of allylic oxidation sites excluding steroid dienone is 1. The highest BCUT2D eigenvalue weighted by atomic mass is 32.2. The first-order chi connectivity index (χ1) is 18.5. The third-order valence-corrected chi connectivity index (χ3v) is 7.14. The molecule has 194 valence electrons. The lowest BCUT2D eigenvalue weighted by atomic mass is 9.96. The number of benzene rings is 3. The summed E-state index contributed by atoms with van der Waals surface area (Å²) in [6.45, 7) is 2.36. The fourth-order valence-electron chi connectivity index (χ4n) is 4.31. The number of nitrogens with zero attached hydrogens (tertiary/aromatic N) is 3. The van der Waals surface area contributed by atoms with Crippen molar-refractivity contribution in [2.24, 2.45) is 0 Å². The molecule has 0 bridgehead atoms. The number of thioether (sulfide) groups is 1. The number of rotatable bonds is 9. The van der Waals surface area contributed by atoms with Crippen LogP contribution in [0.5, 0.6) is 5.75 Å². The van der Waals surface area contributed by atoms with Crippen molar-refractivity contribution in [3.05, 3.63) is 113 Å². The predicted molar refractivity (Wildman–Crippen MR) is 145 cm³/mol. The van der Waals surface area contributed by atoms with Crippen molar-refractivity contribution in [2.45, 2.75) is 30.3 Å². The number of anilines is 1. The highest BCUT2D eigenvalue weighted by Crippen LogP contribution is 2.37. The summed E-state index contributed by atoms with van der Waals surface area (Å²) >= 11 is 1.33. The van der Waals surface area contributed by atoms with Crippen molar-refractivity contribution in [1.82, 2.24) is 14.8 Å². The highest BCUT2D eigenvalue weighted by molar-refractivity contribution is 7.98. The number of carbonyl (C=O) groups is 1. The van der Waals surface area contributed by atoms with Gasteiger partial charge in [0.15, 0.2) is 0 Å². The molecule has 0 aliphatic carbocycles. The van der Waals surface area contributed by atoms with Gasteiger partial charge in [0, 0.05) is 17.9 Å². The van der Waals surface area contributed by atoms with Crippen LogP contribution < -0.4 is 10.1 Å². The number of methoxy groups -OCH3 is 1. The van der Waals surface area contributed by atoms with E-state index >= 15 is 0 Å². The van der Waals surface area contributed by atoms with Crippen LogP contribution in [0.2, 0.25) is 0 Å². The Bertz CT molecular complexity index is 1450. The summed E-state index contributed by atoms with van der Waals surface area (Å²) in [6.07, 6.45) is 0.806. The van der Waals surface area contributed by atoms with E-state index in [1.165, 1.54) is 30.5 Å². The number of carbonyl (C=O) groups excluding carboxylic acids is 1.